The first kappa shape index (κ1) is 14.6. The van der Waals surface area contributed by atoms with E-state index < -0.39 is 0 Å². The second kappa shape index (κ2) is 6.59. The lowest BCUT2D eigenvalue weighted by Crippen LogP contribution is -2.11. The number of thiocarbonyl (C=S) groups is 1. The van der Waals surface area contributed by atoms with Crippen LogP contribution in [-0.2, 0) is 6.61 Å². The molecule has 0 amide bonds. The van der Waals surface area contributed by atoms with Gasteiger partial charge < -0.3 is 15.2 Å². The van der Waals surface area contributed by atoms with Crippen molar-refractivity contribution >= 4 is 28.8 Å². The first-order valence-electron chi connectivity index (χ1n) is 5.95. The van der Waals surface area contributed by atoms with Gasteiger partial charge in [-0.2, -0.15) is 0 Å². The molecule has 2 aromatic rings. The Labute approximate surface area is 128 Å². The number of methoxy groups -OCH3 is 1. The molecule has 0 spiro atoms. The average Bonchev–Trinajstić information content (AvgIpc) is 2.46. The fourth-order valence-electron chi connectivity index (χ4n) is 1.69. The third-order valence-electron chi connectivity index (χ3n) is 2.76. The van der Waals surface area contributed by atoms with Gasteiger partial charge in [-0.15, -0.1) is 0 Å². The van der Waals surface area contributed by atoms with Crippen molar-refractivity contribution in [2.24, 2.45) is 5.73 Å². The summed E-state index contributed by atoms with van der Waals surface area (Å²) in [4.78, 5) is 0.291. The van der Waals surface area contributed by atoms with Gasteiger partial charge in [0.1, 0.15) is 23.1 Å². The van der Waals surface area contributed by atoms with E-state index in [0.717, 1.165) is 5.56 Å². The fourth-order valence-corrected chi connectivity index (χ4v) is 1.99. The van der Waals surface area contributed by atoms with Crippen LogP contribution in [0.2, 0.25) is 5.02 Å². The zero-order valence-electron chi connectivity index (χ0n) is 10.9. The van der Waals surface area contributed by atoms with Crippen LogP contribution in [0.15, 0.2) is 42.5 Å². The molecule has 0 heterocycles. The lowest BCUT2D eigenvalue weighted by molar-refractivity contribution is 0.303. The third kappa shape index (κ3) is 3.62. The number of benzene rings is 2. The minimum absolute atomic E-state index is 0.291. The lowest BCUT2D eigenvalue weighted by atomic mass is 10.2. The molecule has 0 unspecified atom stereocenters. The standard InChI is InChI=1S/C15H14ClNO2S/c1-18-12-6-7-13(15(17)20)14(8-12)19-9-10-2-4-11(16)5-3-10/h2-8H,9H2,1H3,(H2,17,20). The second-order valence-corrected chi connectivity index (χ2v) is 5.02. The van der Waals surface area contributed by atoms with Crippen LogP contribution in [0.5, 0.6) is 11.5 Å². The molecule has 0 bridgehead atoms. The minimum atomic E-state index is 0.291. The number of ether oxygens (including phenoxy) is 2. The number of halogens is 1. The van der Waals surface area contributed by atoms with Crippen molar-refractivity contribution < 1.29 is 9.47 Å². The summed E-state index contributed by atoms with van der Waals surface area (Å²) in [6.07, 6.45) is 0. The van der Waals surface area contributed by atoms with E-state index in [0.29, 0.717) is 33.7 Å². The summed E-state index contributed by atoms with van der Waals surface area (Å²) in [6.45, 7) is 0.403. The number of rotatable bonds is 5. The summed E-state index contributed by atoms with van der Waals surface area (Å²) in [6, 6.07) is 12.8. The van der Waals surface area contributed by atoms with E-state index in [9.17, 15) is 0 Å². The van der Waals surface area contributed by atoms with Crippen LogP contribution in [0.4, 0.5) is 0 Å². The molecule has 0 fully saturated rings. The summed E-state index contributed by atoms with van der Waals surface area (Å²) >= 11 is 10.9. The second-order valence-electron chi connectivity index (χ2n) is 4.14. The predicted octanol–water partition coefficient (Wildman–Crippen LogP) is 3.56. The van der Waals surface area contributed by atoms with E-state index in [1.165, 1.54) is 0 Å². The van der Waals surface area contributed by atoms with Gasteiger partial charge in [0.2, 0.25) is 0 Å². The van der Waals surface area contributed by atoms with E-state index in [1.54, 1.807) is 25.3 Å². The molecule has 0 aromatic heterocycles. The fraction of sp³-hybridized carbons (Fsp3) is 0.133. The largest absolute Gasteiger partial charge is 0.497 e. The maximum atomic E-state index is 5.84. The SMILES string of the molecule is COc1ccc(C(N)=S)c(OCc2ccc(Cl)cc2)c1. The maximum Gasteiger partial charge on any atom is 0.133 e. The van der Waals surface area contributed by atoms with Gasteiger partial charge in [0.05, 0.1) is 12.7 Å². The highest BCUT2D eigenvalue weighted by molar-refractivity contribution is 7.80. The van der Waals surface area contributed by atoms with Crippen molar-refractivity contribution in [1.82, 2.24) is 0 Å². The first-order valence-corrected chi connectivity index (χ1v) is 6.74. The van der Waals surface area contributed by atoms with Crippen LogP contribution >= 0.6 is 23.8 Å². The van der Waals surface area contributed by atoms with Gasteiger partial charge in [-0.1, -0.05) is 36.0 Å². The van der Waals surface area contributed by atoms with Crippen LogP contribution in [0.25, 0.3) is 0 Å². The van der Waals surface area contributed by atoms with E-state index in [2.05, 4.69) is 0 Å². The Bertz CT molecular complexity index is 614. The highest BCUT2D eigenvalue weighted by Crippen LogP contribution is 2.25. The quantitative estimate of drug-likeness (QED) is 0.858. The van der Waals surface area contributed by atoms with Crippen LogP contribution < -0.4 is 15.2 Å². The highest BCUT2D eigenvalue weighted by Gasteiger charge is 2.08. The Morgan fingerprint density at radius 3 is 2.50 bits per heavy atom. The van der Waals surface area contributed by atoms with Gasteiger partial charge in [-0.3, -0.25) is 0 Å². The summed E-state index contributed by atoms with van der Waals surface area (Å²) in [5, 5.41) is 0.693. The average molecular weight is 308 g/mol. The molecule has 2 aromatic carbocycles. The number of nitrogens with two attached hydrogens (primary N) is 1. The van der Waals surface area contributed by atoms with E-state index in [4.69, 9.17) is 39.0 Å². The van der Waals surface area contributed by atoms with Crippen molar-refractivity contribution in [2.75, 3.05) is 7.11 Å². The van der Waals surface area contributed by atoms with Gasteiger partial charge in [-0.25, -0.2) is 0 Å². The van der Waals surface area contributed by atoms with Crippen LogP contribution in [0.3, 0.4) is 0 Å². The molecule has 0 aliphatic rings. The van der Waals surface area contributed by atoms with Crippen molar-refractivity contribution in [3.63, 3.8) is 0 Å². The van der Waals surface area contributed by atoms with E-state index in [1.807, 2.05) is 24.3 Å². The van der Waals surface area contributed by atoms with Crippen LogP contribution in [-0.4, -0.2) is 12.1 Å². The molecule has 5 heteroatoms. The normalized spacial score (nSPS) is 10.1. The zero-order valence-corrected chi connectivity index (χ0v) is 12.5. The smallest absolute Gasteiger partial charge is 0.133 e. The third-order valence-corrected chi connectivity index (χ3v) is 3.23. The Balaban J connectivity index is 2.18. The Kier molecular flexibility index (Phi) is 4.82. The van der Waals surface area contributed by atoms with E-state index >= 15 is 0 Å². The van der Waals surface area contributed by atoms with Crippen LogP contribution in [0.1, 0.15) is 11.1 Å². The Hall–Kier alpha value is -1.78. The minimum Gasteiger partial charge on any atom is -0.497 e. The molecule has 0 radical (unpaired) electrons. The molecule has 3 nitrogen and oxygen atoms in total. The van der Waals surface area contributed by atoms with Gasteiger partial charge >= 0.3 is 0 Å². The van der Waals surface area contributed by atoms with E-state index in [-0.39, 0.29) is 0 Å². The Morgan fingerprint density at radius 2 is 1.90 bits per heavy atom. The van der Waals surface area contributed by atoms with Crippen molar-refractivity contribution in [1.29, 1.82) is 0 Å². The van der Waals surface area contributed by atoms with Gasteiger partial charge in [0.25, 0.3) is 0 Å². The molecule has 0 aliphatic heterocycles. The summed E-state index contributed by atoms with van der Waals surface area (Å²) < 4.78 is 11.0. The van der Waals surface area contributed by atoms with Gasteiger partial charge in [0, 0.05) is 11.1 Å². The first-order chi connectivity index (χ1) is 9.60. The molecule has 2 N–H and O–H groups in total. The molecule has 0 saturated carbocycles. The summed E-state index contributed by atoms with van der Waals surface area (Å²) in [5.41, 5.74) is 7.38. The predicted molar refractivity (Wildman–Crippen MR) is 84.7 cm³/mol. The number of hydrogen-bond donors (Lipinski definition) is 1. The summed E-state index contributed by atoms with van der Waals surface area (Å²) in [7, 11) is 1.60. The molecule has 0 aliphatic carbocycles. The van der Waals surface area contributed by atoms with Crippen molar-refractivity contribution in [3.8, 4) is 11.5 Å². The topological polar surface area (TPSA) is 44.5 Å². The van der Waals surface area contributed by atoms with Gasteiger partial charge in [-0.05, 0) is 29.8 Å². The number of hydrogen-bond acceptors (Lipinski definition) is 3. The van der Waals surface area contributed by atoms with Crippen molar-refractivity contribution in [2.45, 2.75) is 6.61 Å². The maximum absolute atomic E-state index is 5.84. The van der Waals surface area contributed by atoms with Gasteiger partial charge in [0.15, 0.2) is 0 Å². The molecule has 0 saturated heterocycles. The van der Waals surface area contributed by atoms with Crippen molar-refractivity contribution in [3.05, 3.63) is 58.6 Å². The molecule has 2 rings (SSSR count). The monoisotopic (exact) mass is 307 g/mol. The molecular formula is C15H14ClNO2S. The highest BCUT2D eigenvalue weighted by atomic mass is 35.5. The molecule has 20 heavy (non-hydrogen) atoms. The lowest BCUT2D eigenvalue weighted by Gasteiger charge is -2.12. The van der Waals surface area contributed by atoms with Crippen LogP contribution in [0, 0.1) is 0 Å². The summed E-state index contributed by atoms with van der Waals surface area (Å²) in [5.74, 6) is 1.29. The molecular weight excluding hydrogens is 294 g/mol. The zero-order chi connectivity index (χ0) is 14.5. The molecule has 0 atom stereocenters. The molecule has 104 valence electrons. The Morgan fingerprint density at radius 1 is 1.20 bits per heavy atom.